The van der Waals surface area contributed by atoms with Crippen LogP contribution in [0, 0.1) is 0 Å². The third-order valence-electron chi connectivity index (χ3n) is 2.14. The van der Waals surface area contributed by atoms with E-state index in [0.29, 0.717) is 5.57 Å². The minimum atomic E-state index is -0.380. The molecule has 0 heterocycles. The van der Waals surface area contributed by atoms with Crippen LogP contribution in [0.1, 0.15) is 18.1 Å². The van der Waals surface area contributed by atoms with Crippen molar-refractivity contribution < 1.29 is 9.53 Å². The third kappa shape index (κ3) is 2.22. The Kier molecular flexibility index (Phi) is 3.46. The van der Waals surface area contributed by atoms with Gasteiger partial charge < -0.3 is 4.74 Å². The summed E-state index contributed by atoms with van der Waals surface area (Å²) in [6, 6.07) is 7.75. The summed E-state index contributed by atoms with van der Waals surface area (Å²) in [6.45, 7) is 5.76. The quantitative estimate of drug-likeness (QED) is 0.540. The van der Waals surface area contributed by atoms with Gasteiger partial charge in [-0.15, -0.1) is 0 Å². The first-order valence-corrected chi connectivity index (χ1v) is 4.55. The van der Waals surface area contributed by atoms with Crippen molar-refractivity contribution in [1.29, 1.82) is 0 Å². The van der Waals surface area contributed by atoms with E-state index in [4.69, 9.17) is 0 Å². The van der Waals surface area contributed by atoms with E-state index in [9.17, 15) is 4.79 Å². The molecule has 0 bridgehead atoms. The van der Waals surface area contributed by atoms with Crippen LogP contribution in [-0.2, 0) is 16.0 Å². The van der Waals surface area contributed by atoms with Gasteiger partial charge >= 0.3 is 5.97 Å². The molecule has 0 aliphatic heterocycles. The van der Waals surface area contributed by atoms with E-state index in [1.807, 2.05) is 24.3 Å². The minimum Gasteiger partial charge on any atom is -0.465 e. The Labute approximate surface area is 84.2 Å². The van der Waals surface area contributed by atoms with Crippen molar-refractivity contribution >= 4 is 11.5 Å². The number of hydrogen-bond donors (Lipinski definition) is 0. The fourth-order valence-corrected chi connectivity index (χ4v) is 1.18. The standard InChI is InChI=1S/C12H14O2/c1-4-10-5-7-11(8-6-10)9(2)12(13)14-3/h5-8H,2,4H2,1,3H3. The smallest absolute Gasteiger partial charge is 0.337 e. The molecule has 0 amide bonds. The second-order valence-corrected chi connectivity index (χ2v) is 3.02. The Bertz CT molecular complexity index is 336. The second kappa shape index (κ2) is 4.61. The normalized spacial score (nSPS) is 9.57. The van der Waals surface area contributed by atoms with Crippen molar-refractivity contribution in [2.24, 2.45) is 0 Å². The average Bonchev–Trinajstić information content (AvgIpc) is 2.27. The number of carbonyl (C=O) groups is 1. The molecular formula is C12H14O2. The number of benzene rings is 1. The highest BCUT2D eigenvalue weighted by Gasteiger charge is 2.08. The number of ether oxygens (including phenoxy) is 1. The van der Waals surface area contributed by atoms with Crippen LogP contribution in [0.25, 0.3) is 5.57 Å². The monoisotopic (exact) mass is 190 g/mol. The molecule has 0 aliphatic carbocycles. The minimum absolute atomic E-state index is 0.380. The summed E-state index contributed by atoms with van der Waals surface area (Å²) in [5, 5.41) is 0. The lowest BCUT2D eigenvalue weighted by molar-refractivity contribution is -0.133. The maximum Gasteiger partial charge on any atom is 0.337 e. The number of aryl methyl sites for hydroxylation is 1. The number of rotatable bonds is 3. The second-order valence-electron chi connectivity index (χ2n) is 3.02. The van der Waals surface area contributed by atoms with Crippen LogP contribution >= 0.6 is 0 Å². The van der Waals surface area contributed by atoms with Crippen molar-refractivity contribution in [1.82, 2.24) is 0 Å². The van der Waals surface area contributed by atoms with Gasteiger partial charge in [-0.3, -0.25) is 0 Å². The molecule has 0 spiro atoms. The summed E-state index contributed by atoms with van der Waals surface area (Å²) in [5.74, 6) is -0.380. The van der Waals surface area contributed by atoms with Crippen molar-refractivity contribution in [3.8, 4) is 0 Å². The van der Waals surface area contributed by atoms with Gasteiger partial charge in [0.05, 0.1) is 12.7 Å². The zero-order chi connectivity index (χ0) is 10.6. The predicted octanol–water partition coefficient (Wildman–Crippen LogP) is 2.44. The topological polar surface area (TPSA) is 26.3 Å². The molecule has 0 N–H and O–H groups in total. The molecule has 0 atom stereocenters. The molecule has 0 unspecified atom stereocenters. The van der Waals surface area contributed by atoms with Gasteiger partial charge in [0, 0.05) is 0 Å². The van der Waals surface area contributed by atoms with Crippen LogP contribution in [0.3, 0.4) is 0 Å². The molecule has 2 heteroatoms. The molecule has 0 aliphatic rings. The summed E-state index contributed by atoms with van der Waals surface area (Å²) >= 11 is 0. The lowest BCUT2D eigenvalue weighted by Gasteiger charge is -2.04. The Balaban J connectivity index is 2.87. The molecule has 0 saturated carbocycles. The van der Waals surface area contributed by atoms with Crippen molar-refractivity contribution in [3.05, 3.63) is 42.0 Å². The molecule has 14 heavy (non-hydrogen) atoms. The molecule has 74 valence electrons. The highest BCUT2D eigenvalue weighted by atomic mass is 16.5. The van der Waals surface area contributed by atoms with Crippen molar-refractivity contribution in [2.75, 3.05) is 7.11 Å². The molecule has 0 radical (unpaired) electrons. The van der Waals surface area contributed by atoms with Crippen LogP contribution in [0.4, 0.5) is 0 Å². The Morgan fingerprint density at radius 2 is 1.93 bits per heavy atom. The van der Waals surface area contributed by atoms with E-state index >= 15 is 0 Å². The van der Waals surface area contributed by atoms with Crippen LogP contribution in [0.5, 0.6) is 0 Å². The highest BCUT2D eigenvalue weighted by Crippen LogP contribution is 2.14. The van der Waals surface area contributed by atoms with Gasteiger partial charge in [0.2, 0.25) is 0 Å². The van der Waals surface area contributed by atoms with Crippen LogP contribution in [-0.4, -0.2) is 13.1 Å². The Hall–Kier alpha value is -1.57. The van der Waals surface area contributed by atoms with E-state index in [0.717, 1.165) is 12.0 Å². The number of hydrogen-bond acceptors (Lipinski definition) is 2. The van der Waals surface area contributed by atoms with Crippen LogP contribution in [0.15, 0.2) is 30.8 Å². The molecule has 1 rings (SSSR count). The van der Waals surface area contributed by atoms with Crippen molar-refractivity contribution in [3.63, 3.8) is 0 Å². The lowest BCUT2D eigenvalue weighted by atomic mass is 10.0. The third-order valence-corrected chi connectivity index (χ3v) is 2.14. The van der Waals surface area contributed by atoms with E-state index in [1.54, 1.807) is 0 Å². The number of carbonyl (C=O) groups excluding carboxylic acids is 1. The molecule has 0 aromatic heterocycles. The summed E-state index contributed by atoms with van der Waals surface area (Å²) in [6.07, 6.45) is 0.991. The molecule has 1 aromatic rings. The maximum atomic E-state index is 11.1. The first-order chi connectivity index (χ1) is 6.69. The van der Waals surface area contributed by atoms with Gasteiger partial charge in [0.25, 0.3) is 0 Å². The maximum absolute atomic E-state index is 11.1. The largest absolute Gasteiger partial charge is 0.465 e. The summed E-state index contributed by atoms with van der Waals surface area (Å²) in [4.78, 5) is 11.1. The summed E-state index contributed by atoms with van der Waals surface area (Å²) < 4.78 is 4.58. The SMILES string of the molecule is C=C(C(=O)OC)c1ccc(CC)cc1. The lowest BCUT2D eigenvalue weighted by Crippen LogP contribution is -2.02. The molecule has 0 fully saturated rings. The molecular weight excluding hydrogens is 176 g/mol. The first-order valence-electron chi connectivity index (χ1n) is 4.55. The van der Waals surface area contributed by atoms with Gasteiger partial charge in [0.15, 0.2) is 0 Å². The van der Waals surface area contributed by atoms with Gasteiger partial charge in [-0.1, -0.05) is 37.8 Å². The summed E-state index contributed by atoms with van der Waals surface area (Å²) in [7, 11) is 1.36. The first kappa shape index (κ1) is 10.5. The number of methoxy groups -OCH3 is 1. The zero-order valence-corrected chi connectivity index (χ0v) is 8.54. The van der Waals surface area contributed by atoms with Gasteiger partial charge in [-0.25, -0.2) is 4.79 Å². The van der Waals surface area contributed by atoms with Gasteiger partial charge in [0.1, 0.15) is 0 Å². The number of esters is 1. The molecule has 0 saturated heterocycles. The Morgan fingerprint density at radius 1 is 1.36 bits per heavy atom. The van der Waals surface area contributed by atoms with Crippen LogP contribution < -0.4 is 0 Å². The Morgan fingerprint density at radius 3 is 2.36 bits per heavy atom. The zero-order valence-electron chi connectivity index (χ0n) is 8.54. The van der Waals surface area contributed by atoms with E-state index < -0.39 is 0 Å². The highest BCUT2D eigenvalue weighted by molar-refractivity contribution is 6.15. The summed E-state index contributed by atoms with van der Waals surface area (Å²) in [5.41, 5.74) is 2.45. The van der Waals surface area contributed by atoms with Gasteiger partial charge in [-0.2, -0.15) is 0 Å². The van der Waals surface area contributed by atoms with E-state index in [1.165, 1.54) is 12.7 Å². The van der Waals surface area contributed by atoms with Gasteiger partial charge in [-0.05, 0) is 17.5 Å². The molecule has 2 nitrogen and oxygen atoms in total. The predicted molar refractivity (Wildman–Crippen MR) is 56.9 cm³/mol. The molecule has 1 aromatic carbocycles. The fourth-order valence-electron chi connectivity index (χ4n) is 1.18. The average molecular weight is 190 g/mol. The van der Waals surface area contributed by atoms with Crippen LogP contribution in [0.2, 0.25) is 0 Å². The van der Waals surface area contributed by atoms with E-state index in [-0.39, 0.29) is 5.97 Å². The van der Waals surface area contributed by atoms with E-state index in [2.05, 4.69) is 18.2 Å². The fraction of sp³-hybridized carbons (Fsp3) is 0.250. The van der Waals surface area contributed by atoms with Crippen molar-refractivity contribution in [2.45, 2.75) is 13.3 Å².